The fraction of sp³-hybridized carbons (Fsp3) is 0.357. The first-order chi connectivity index (χ1) is 18.9. The highest BCUT2D eigenvalue weighted by atomic mass is 19.3. The van der Waals surface area contributed by atoms with Gasteiger partial charge in [-0.05, 0) is 55.8 Å². The smallest absolute Gasteiger partial charge is 0.387 e. The third-order valence-electron chi connectivity index (χ3n) is 8.16. The summed E-state index contributed by atoms with van der Waals surface area (Å²) < 4.78 is 33.3. The maximum Gasteiger partial charge on any atom is 0.387 e. The Morgan fingerprint density at radius 2 is 1.92 bits per heavy atom. The van der Waals surface area contributed by atoms with Gasteiger partial charge in [0.2, 0.25) is 0 Å². The van der Waals surface area contributed by atoms with Crippen LogP contribution in [0.1, 0.15) is 63.9 Å². The maximum atomic E-state index is 13.3. The molecule has 5 heterocycles. The van der Waals surface area contributed by atoms with Crippen LogP contribution in [0, 0.1) is 0 Å². The lowest BCUT2D eigenvalue weighted by Gasteiger charge is -2.31. The van der Waals surface area contributed by atoms with Gasteiger partial charge in [0, 0.05) is 60.4 Å². The van der Waals surface area contributed by atoms with E-state index in [-0.39, 0.29) is 23.6 Å². The Bertz CT molecular complexity index is 1590. The predicted octanol–water partition coefficient (Wildman–Crippen LogP) is 3.79. The molecule has 2 bridgehead atoms. The minimum atomic E-state index is -3.01. The number of nitrogens with zero attached hydrogens (tertiary/aromatic N) is 6. The second-order valence-electron chi connectivity index (χ2n) is 10.4. The quantitative estimate of drug-likeness (QED) is 0.404. The highest BCUT2D eigenvalue weighted by Gasteiger charge is 2.46. The largest absolute Gasteiger partial charge is 0.434 e. The number of aliphatic hydroxyl groups is 1. The van der Waals surface area contributed by atoms with Gasteiger partial charge in [0.15, 0.2) is 5.82 Å². The van der Waals surface area contributed by atoms with Crippen molar-refractivity contribution in [2.24, 2.45) is 0 Å². The number of pyridine rings is 1. The Morgan fingerprint density at radius 1 is 1.13 bits per heavy atom. The summed E-state index contributed by atoms with van der Waals surface area (Å²) in [6, 6.07) is 8.32. The first kappa shape index (κ1) is 24.1. The minimum absolute atomic E-state index is 0.0130. The Hall–Kier alpha value is -3.96. The number of likely N-dealkylation sites (tertiary alicyclic amines) is 1. The normalized spacial score (nSPS) is 21.1. The van der Waals surface area contributed by atoms with E-state index in [1.807, 2.05) is 18.3 Å². The molecule has 1 N–H and O–H groups in total. The molecule has 3 aromatic heterocycles. The van der Waals surface area contributed by atoms with Gasteiger partial charge in [-0.25, -0.2) is 14.5 Å². The summed E-state index contributed by atoms with van der Waals surface area (Å²) in [6.45, 7) is -0.522. The molecule has 11 heteroatoms. The van der Waals surface area contributed by atoms with Gasteiger partial charge in [0.1, 0.15) is 11.9 Å². The Balaban J connectivity index is 1.30. The molecule has 3 aliphatic rings. The van der Waals surface area contributed by atoms with Crippen molar-refractivity contribution in [1.82, 2.24) is 29.4 Å². The monoisotopic (exact) mass is 532 g/mol. The van der Waals surface area contributed by atoms with Gasteiger partial charge in [-0.2, -0.15) is 13.9 Å². The summed E-state index contributed by atoms with van der Waals surface area (Å²) >= 11 is 0. The van der Waals surface area contributed by atoms with Crippen molar-refractivity contribution in [2.45, 2.75) is 37.5 Å². The molecule has 0 unspecified atom stereocenters. The zero-order valence-electron chi connectivity index (χ0n) is 21.2. The fourth-order valence-electron chi connectivity index (χ4n) is 6.09. The number of hydrogen-bond donors (Lipinski definition) is 1. The molecule has 1 saturated heterocycles. The predicted molar refractivity (Wildman–Crippen MR) is 137 cm³/mol. The fourth-order valence-corrected chi connectivity index (χ4v) is 6.09. The molecule has 39 heavy (non-hydrogen) atoms. The summed E-state index contributed by atoms with van der Waals surface area (Å²) in [5, 5.41) is 15.3. The summed E-state index contributed by atoms with van der Waals surface area (Å²) in [5.41, 5.74) is 4.94. The molecule has 7 rings (SSSR count). The standard InChI is InChI=1S/C28H26F2N6O3/c1-34-20-11-18(23-17(27(34)38)4-2-5-22(23)39-28(29)30)24-19-10-15(6-9-36(19)33-25(20)24)16-12-31-26(32-13-16)21(37)14-35-7-3-8-35/h2,4-6,9-10,12-13,18,20-21,28,37H,3,7-8,11,14H2,1H3/t18-,20-,21+/m1/s1. The van der Waals surface area contributed by atoms with Gasteiger partial charge in [-0.1, -0.05) is 6.07 Å². The average molecular weight is 533 g/mol. The van der Waals surface area contributed by atoms with Crippen LogP contribution in [0.25, 0.3) is 16.6 Å². The summed E-state index contributed by atoms with van der Waals surface area (Å²) in [7, 11) is 1.72. The third-order valence-corrected chi connectivity index (χ3v) is 8.16. The van der Waals surface area contributed by atoms with E-state index in [2.05, 4.69) is 14.9 Å². The molecular weight excluding hydrogens is 506 g/mol. The molecule has 0 saturated carbocycles. The van der Waals surface area contributed by atoms with Crippen LogP contribution in [0.5, 0.6) is 5.75 Å². The average Bonchev–Trinajstić information content (AvgIpc) is 3.43. The van der Waals surface area contributed by atoms with Crippen LogP contribution in [0.15, 0.2) is 48.9 Å². The minimum Gasteiger partial charge on any atom is -0.434 e. The molecule has 1 fully saturated rings. The number of aliphatic hydroxyl groups excluding tert-OH is 1. The molecule has 200 valence electrons. The van der Waals surface area contributed by atoms with Gasteiger partial charge in [-0.3, -0.25) is 4.79 Å². The second kappa shape index (κ2) is 9.06. The summed E-state index contributed by atoms with van der Waals surface area (Å²) in [6.07, 6.45) is 6.17. The van der Waals surface area contributed by atoms with E-state index in [1.165, 1.54) is 6.07 Å². The molecule has 2 aliphatic heterocycles. The van der Waals surface area contributed by atoms with E-state index in [0.29, 0.717) is 29.9 Å². The van der Waals surface area contributed by atoms with Crippen LogP contribution in [-0.2, 0) is 0 Å². The maximum absolute atomic E-state index is 13.3. The van der Waals surface area contributed by atoms with E-state index in [9.17, 15) is 18.7 Å². The van der Waals surface area contributed by atoms with Crippen molar-refractivity contribution in [1.29, 1.82) is 0 Å². The van der Waals surface area contributed by atoms with Crippen LogP contribution in [0.3, 0.4) is 0 Å². The molecule has 0 spiro atoms. The number of carbonyl (C=O) groups excluding carboxylic acids is 1. The third kappa shape index (κ3) is 3.87. The molecule has 3 atom stereocenters. The summed E-state index contributed by atoms with van der Waals surface area (Å²) in [5.74, 6) is -0.182. The number of aromatic nitrogens is 4. The van der Waals surface area contributed by atoms with Crippen LogP contribution < -0.4 is 4.74 Å². The molecule has 4 aromatic rings. The van der Waals surface area contributed by atoms with Crippen molar-refractivity contribution >= 4 is 11.4 Å². The molecule has 9 nitrogen and oxygen atoms in total. The van der Waals surface area contributed by atoms with Gasteiger partial charge in [0.25, 0.3) is 5.91 Å². The molecular formula is C28H26F2N6O3. The number of benzene rings is 1. The lowest BCUT2D eigenvalue weighted by atomic mass is 9.88. The highest BCUT2D eigenvalue weighted by Crippen LogP contribution is 2.53. The zero-order chi connectivity index (χ0) is 26.8. The molecule has 1 amide bonds. The second-order valence-corrected chi connectivity index (χ2v) is 10.4. The topological polar surface area (TPSA) is 96.1 Å². The van der Waals surface area contributed by atoms with Gasteiger partial charge < -0.3 is 19.6 Å². The number of carbonyl (C=O) groups is 1. The zero-order valence-corrected chi connectivity index (χ0v) is 21.2. The van der Waals surface area contributed by atoms with E-state index in [1.54, 1.807) is 41.0 Å². The first-order valence-electron chi connectivity index (χ1n) is 13.0. The molecule has 0 radical (unpaired) electrons. The number of alkyl halides is 2. The molecule has 1 aromatic carbocycles. The van der Waals surface area contributed by atoms with Gasteiger partial charge >= 0.3 is 6.61 Å². The number of ether oxygens (including phenoxy) is 1. The van der Waals surface area contributed by atoms with Crippen molar-refractivity contribution in [3.05, 3.63) is 77.1 Å². The highest BCUT2D eigenvalue weighted by molar-refractivity contribution is 5.98. The Kier molecular flexibility index (Phi) is 5.60. The van der Waals surface area contributed by atoms with Crippen molar-refractivity contribution in [2.75, 3.05) is 26.7 Å². The number of hydrogen-bond acceptors (Lipinski definition) is 7. The van der Waals surface area contributed by atoms with E-state index in [4.69, 9.17) is 9.84 Å². The van der Waals surface area contributed by atoms with Crippen molar-refractivity contribution in [3.8, 4) is 16.9 Å². The van der Waals surface area contributed by atoms with E-state index < -0.39 is 12.7 Å². The van der Waals surface area contributed by atoms with Gasteiger partial charge in [0.05, 0.1) is 17.3 Å². The lowest BCUT2D eigenvalue weighted by molar-refractivity contribution is -0.0505. The Labute approximate surface area is 222 Å². The first-order valence-corrected chi connectivity index (χ1v) is 13.0. The number of β-amino-alcohol motifs (C(OH)–C–C–N with tert-alkyl or cyclic N) is 1. The van der Waals surface area contributed by atoms with Crippen LogP contribution in [-0.4, -0.2) is 73.7 Å². The SMILES string of the molecule is CN1C(=O)c2cccc(OC(F)F)c2[C@H]2C[C@@H]1c1nn3ccc(-c4cnc([C@@H](O)CN5CCC5)nc4)cc3c12. The number of amides is 1. The molecule has 1 aliphatic carbocycles. The summed E-state index contributed by atoms with van der Waals surface area (Å²) in [4.78, 5) is 25.9. The Morgan fingerprint density at radius 3 is 2.64 bits per heavy atom. The number of fused-ring (bicyclic) bond motifs is 9. The number of halogens is 2. The van der Waals surface area contributed by atoms with Crippen molar-refractivity contribution < 1.29 is 23.4 Å². The van der Waals surface area contributed by atoms with Crippen LogP contribution >= 0.6 is 0 Å². The van der Waals surface area contributed by atoms with Crippen LogP contribution in [0.2, 0.25) is 0 Å². The van der Waals surface area contributed by atoms with E-state index >= 15 is 0 Å². The van der Waals surface area contributed by atoms with Crippen LogP contribution in [0.4, 0.5) is 8.78 Å². The van der Waals surface area contributed by atoms with E-state index in [0.717, 1.165) is 47.4 Å². The lowest BCUT2D eigenvalue weighted by Crippen LogP contribution is -2.40. The number of rotatable bonds is 6. The van der Waals surface area contributed by atoms with Gasteiger partial charge in [-0.15, -0.1) is 0 Å². The van der Waals surface area contributed by atoms with Crippen molar-refractivity contribution in [3.63, 3.8) is 0 Å².